The van der Waals surface area contributed by atoms with E-state index in [0.29, 0.717) is 18.1 Å². The van der Waals surface area contributed by atoms with Gasteiger partial charge in [-0.2, -0.15) is 0 Å². The van der Waals surface area contributed by atoms with E-state index < -0.39 is 0 Å². The molecule has 1 amide bonds. The Labute approximate surface area is 183 Å². The monoisotopic (exact) mass is 429 g/mol. The fraction of sp³-hybridized carbons (Fsp3) is 0.458. The number of anilines is 1. The van der Waals surface area contributed by atoms with Crippen LogP contribution in [-0.2, 0) is 4.79 Å². The smallest absolute Gasteiger partial charge is 0.258 e. The Morgan fingerprint density at radius 3 is 2.39 bits per heavy atom. The summed E-state index contributed by atoms with van der Waals surface area (Å²) in [5, 5.41) is 2.94. The summed E-state index contributed by atoms with van der Waals surface area (Å²) in [4.78, 5) is 17.2. The molecule has 31 heavy (non-hydrogen) atoms. The van der Waals surface area contributed by atoms with Crippen LogP contribution in [0.25, 0.3) is 0 Å². The van der Waals surface area contributed by atoms with Gasteiger partial charge in [0.1, 0.15) is 5.82 Å². The first-order chi connectivity index (χ1) is 15.0. The van der Waals surface area contributed by atoms with Gasteiger partial charge in [-0.3, -0.25) is 4.79 Å². The molecule has 0 unspecified atom stereocenters. The van der Waals surface area contributed by atoms with Crippen LogP contribution in [0.5, 0.6) is 11.5 Å². The van der Waals surface area contributed by atoms with Gasteiger partial charge in [-0.25, -0.2) is 4.39 Å². The molecule has 0 radical (unpaired) electrons. The first-order valence-electron chi connectivity index (χ1n) is 10.9. The van der Waals surface area contributed by atoms with Crippen molar-refractivity contribution in [2.24, 2.45) is 0 Å². The summed E-state index contributed by atoms with van der Waals surface area (Å²) in [5.74, 6) is 0.538. The molecular formula is C24H32FN3O3. The molecule has 168 valence electrons. The van der Waals surface area contributed by atoms with Gasteiger partial charge in [0.05, 0.1) is 12.6 Å². The molecule has 0 saturated carbocycles. The lowest BCUT2D eigenvalue weighted by Gasteiger charge is -2.37. The van der Waals surface area contributed by atoms with Crippen molar-refractivity contribution in [2.45, 2.75) is 26.8 Å². The lowest BCUT2D eigenvalue weighted by molar-refractivity contribution is -0.123. The van der Waals surface area contributed by atoms with E-state index in [1.165, 1.54) is 12.1 Å². The van der Waals surface area contributed by atoms with Gasteiger partial charge in [-0.05, 0) is 50.7 Å². The number of carbonyl (C=O) groups is 1. The number of hydrogen-bond acceptors (Lipinski definition) is 5. The predicted molar refractivity (Wildman–Crippen MR) is 120 cm³/mol. The highest BCUT2D eigenvalue weighted by Gasteiger charge is 2.22. The van der Waals surface area contributed by atoms with Gasteiger partial charge in [0.15, 0.2) is 18.1 Å². The van der Waals surface area contributed by atoms with Gasteiger partial charge < -0.3 is 24.6 Å². The van der Waals surface area contributed by atoms with Crippen LogP contribution < -0.4 is 19.7 Å². The van der Waals surface area contributed by atoms with E-state index in [4.69, 9.17) is 9.47 Å². The van der Waals surface area contributed by atoms with Crippen LogP contribution in [0.2, 0.25) is 0 Å². The summed E-state index contributed by atoms with van der Waals surface area (Å²) in [6.07, 6.45) is 0. The molecule has 0 aromatic heterocycles. The van der Waals surface area contributed by atoms with E-state index in [1.807, 2.05) is 32.0 Å². The van der Waals surface area contributed by atoms with Crippen molar-refractivity contribution in [3.8, 4) is 11.5 Å². The Morgan fingerprint density at radius 2 is 1.74 bits per heavy atom. The molecule has 7 heteroatoms. The summed E-state index contributed by atoms with van der Waals surface area (Å²) >= 11 is 0. The quantitative estimate of drug-likeness (QED) is 0.660. The van der Waals surface area contributed by atoms with E-state index >= 15 is 0 Å². The Morgan fingerprint density at radius 1 is 1.06 bits per heavy atom. The maximum Gasteiger partial charge on any atom is 0.258 e. The highest BCUT2D eigenvalue weighted by Crippen LogP contribution is 2.29. The number of rotatable bonds is 9. The van der Waals surface area contributed by atoms with Crippen molar-refractivity contribution in [3.05, 3.63) is 53.8 Å². The van der Waals surface area contributed by atoms with Crippen LogP contribution >= 0.6 is 0 Å². The number of benzene rings is 2. The second-order valence-corrected chi connectivity index (χ2v) is 7.58. The van der Waals surface area contributed by atoms with E-state index in [9.17, 15) is 9.18 Å². The number of ether oxygens (including phenoxy) is 2. The van der Waals surface area contributed by atoms with Crippen molar-refractivity contribution in [3.63, 3.8) is 0 Å². The molecule has 6 nitrogen and oxygen atoms in total. The lowest BCUT2D eigenvalue weighted by Crippen LogP contribution is -2.46. The van der Waals surface area contributed by atoms with Crippen molar-refractivity contribution >= 4 is 11.6 Å². The number of piperazine rings is 1. The van der Waals surface area contributed by atoms with Gasteiger partial charge >= 0.3 is 0 Å². The van der Waals surface area contributed by atoms with E-state index in [2.05, 4.69) is 22.0 Å². The third-order valence-corrected chi connectivity index (χ3v) is 5.50. The molecule has 1 atom stereocenters. The van der Waals surface area contributed by atoms with Crippen LogP contribution in [0.3, 0.4) is 0 Å². The fourth-order valence-corrected chi connectivity index (χ4v) is 3.81. The maximum absolute atomic E-state index is 14.0. The number of halogens is 1. The normalized spacial score (nSPS) is 15.4. The Balaban J connectivity index is 1.64. The minimum atomic E-state index is -0.354. The third-order valence-electron chi connectivity index (χ3n) is 5.50. The number of likely N-dealkylation sites (N-methyl/N-ethyl adjacent to an activating group) is 1. The van der Waals surface area contributed by atoms with Gasteiger partial charge in [0, 0.05) is 37.4 Å². The van der Waals surface area contributed by atoms with Crippen LogP contribution in [0.4, 0.5) is 10.1 Å². The Hall–Kier alpha value is -2.80. The molecule has 0 bridgehead atoms. The zero-order valence-corrected chi connectivity index (χ0v) is 18.6. The molecule has 1 saturated heterocycles. The van der Waals surface area contributed by atoms with Gasteiger partial charge in [0.2, 0.25) is 0 Å². The molecule has 0 spiro atoms. The fourth-order valence-electron chi connectivity index (χ4n) is 3.81. The highest BCUT2D eigenvalue weighted by molar-refractivity contribution is 5.78. The van der Waals surface area contributed by atoms with Crippen molar-refractivity contribution in [1.82, 2.24) is 10.2 Å². The summed E-state index contributed by atoms with van der Waals surface area (Å²) in [5.41, 5.74) is 1.74. The molecule has 1 heterocycles. The standard InChI is InChI=1S/C24H32FN3O3/c1-4-27-12-14-28(15-13-27)21-11-10-19(25)16-20(21)18(3)26-24(29)17-31-23-9-7-6-8-22(23)30-5-2/h6-11,16,18H,4-5,12-15,17H2,1-3H3,(H,26,29)/t18-/m1/s1. The summed E-state index contributed by atoms with van der Waals surface area (Å²) in [6, 6.07) is 11.7. The third kappa shape index (κ3) is 6.10. The zero-order valence-electron chi connectivity index (χ0n) is 18.6. The van der Waals surface area contributed by atoms with Crippen molar-refractivity contribution in [1.29, 1.82) is 0 Å². The number of amides is 1. The lowest BCUT2D eigenvalue weighted by atomic mass is 10.0. The first kappa shape index (κ1) is 22.9. The Kier molecular flexibility index (Phi) is 8.12. The molecule has 0 aliphatic carbocycles. The van der Waals surface area contributed by atoms with Crippen molar-refractivity contribution in [2.75, 3.05) is 50.8 Å². The number of hydrogen-bond donors (Lipinski definition) is 1. The number of nitrogens with zero attached hydrogens (tertiary/aromatic N) is 2. The SMILES string of the molecule is CCOc1ccccc1OCC(=O)N[C@H](C)c1cc(F)ccc1N1CCN(CC)CC1. The van der Waals surface area contributed by atoms with E-state index in [0.717, 1.165) is 44.0 Å². The maximum atomic E-state index is 14.0. The minimum Gasteiger partial charge on any atom is -0.490 e. The largest absolute Gasteiger partial charge is 0.490 e. The second kappa shape index (κ2) is 11.0. The average Bonchev–Trinajstić information content (AvgIpc) is 2.78. The topological polar surface area (TPSA) is 54.0 Å². The van der Waals surface area contributed by atoms with Crippen LogP contribution in [-0.4, -0.2) is 56.7 Å². The van der Waals surface area contributed by atoms with Gasteiger partial charge in [0.25, 0.3) is 5.91 Å². The van der Waals surface area contributed by atoms with E-state index in [1.54, 1.807) is 12.1 Å². The van der Waals surface area contributed by atoms with Crippen LogP contribution in [0, 0.1) is 5.82 Å². The molecule has 2 aromatic rings. The van der Waals surface area contributed by atoms with Crippen LogP contribution in [0.1, 0.15) is 32.4 Å². The molecular weight excluding hydrogens is 397 g/mol. The van der Waals surface area contributed by atoms with Crippen molar-refractivity contribution < 1.29 is 18.7 Å². The summed E-state index contributed by atoms with van der Waals surface area (Å²) in [6.45, 7) is 11.0. The van der Waals surface area contributed by atoms with E-state index in [-0.39, 0.29) is 24.4 Å². The molecule has 1 aliphatic heterocycles. The second-order valence-electron chi connectivity index (χ2n) is 7.58. The molecule has 1 N–H and O–H groups in total. The van der Waals surface area contributed by atoms with Crippen LogP contribution in [0.15, 0.2) is 42.5 Å². The molecule has 1 aliphatic rings. The van der Waals surface area contributed by atoms with Gasteiger partial charge in [-0.1, -0.05) is 19.1 Å². The molecule has 1 fully saturated rings. The minimum absolute atomic E-state index is 0.145. The predicted octanol–water partition coefficient (Wildman–Crippen LogP) is 3.62. The number of para-hydroxylation sites is 2. The molecule has 2 aromatic carbocycles. The highest BCUT2D eigenvalue weighted by atomic mass is 19.1. The zero-order chi connectivity index (χ0) is 22.2. The number of carbonyl (C=O) groups excluding carboxylic acids is 1. The average molecular weight is 430 g/mol. The number of nitrogens with one attached hydrogen (secondary N) is 1. The summed E-state index contributed by atoms with van der Waals surface area (Å²) in [7, 11) is 0. The Bertz CT molecular complexity index is 869. The molecule has 3 rings (SSSR count). The van der Waals surface area contributed by atoms with Gasteiger partial charge in [-0.15, -0.1) is 0 Å². The summed E-state index contributed by atoms with van der Waals surface area (Å²) < 4.78 is 25.2. The first-order valence-corrected chi connectivity index (χ1v) is 10.9.